The van der Waals surface area contributed by atoms with Gasteiger partial charge in [0.1, 0.15) is 23.2 Å². The SMILES string of the molecule is CC1CCc2c(sc(NC(=O)c3ccccc3F)c2C(=O)NCCOC(=O)c2ccccc2F)C1. The zero-order chi connectivity index (χ0) is 24.9. The highest BCUT2D eigenvalue weighted by molar-refractivity contribution is 7.17. The highest BCUT2D eigenvalue weighted by Crippen LogP contribution is 2.39. The Morgan fingerprint density at radius 1 is 1.00 bits per heavy atom. The van der Waals surface area contributed by atoms with E-state index >= 15 is 0 Å². The van der Waals surface area contributed by atoms with Crippen molar-refractivity contribution in [3.63, 3.8) is 0 Å². The predicted octanol–water partition coefficient (Wildman–Crippen LogP) is 4.99. The van der Waals surface area contributed by atoms with Gasteiger partial charge < -0.3 is 15.4 Å². The Hall–Kier alpha value is -3.59. The molecular formula is C26H24F2N2O4S. The molecule has 1 atom stereocenters. The molecule has 1 aliphatic carbocycles. The molecule has 1 aromatic heterocycles. The number of nitrogens with one attached hydrogen (secondary N) is 2. The number of amides is 2. The Bertz CT molecular complexity index is 1270. The van der Waals surface area contributed by atoms with Crippen LogP contribution in [0.2, 0.25) is 0 Å². The summed E-state index contributed by atoms with van der Waals surface area (Å²) >= 11 is 1.32. The average molecular weight is 499 g/mol. The first-order chi connectivity index (χ1) is 16.8. The van der Waals surface area contributed by atoms with Gasteiger partial charge in [-0.3, -0.25) is 9.59 Å². The van der Waals surface area contributed by atoms with Crippen molar-refractivity contribution in [2.75, 3.05) is 18.5 Å². The van der Waals surface area contributed by atoms with Gasteiger partial charge in [-0.15, -0.1) is 11.3 Å². The van der Waals surface area contributed by atoms with E-state index in [9.17, 15) is 23.2 Å². The molecule has 3 aromatic rings. The first-order valence-corrected chi connectivity index (χ1v) is 12.1. The summed E-state index contributed by atoms with van der Waals surface area (Å²) < 4.78 is 32.9. The number of esters is 1. The molecule has 1 aliphatic rings. The van der Waals surface area contributed by atoms with Gasteiger partial charge >= 0.3 is 5.97 Å². The average Bonchev–Trinajstić information content (AvgIpc) is 3.18. The fourth-order valence-corrected chi connectivity index (χ4v) is 5.40. The molecule has 9 heteroatoms. The number of fused-ring (bicyclic) bond motifs is 1. The summed E-state index contributed by atoms with van der Waals surface area (Å²) in [5, 5.41) is 5.77. The number of halogens is 2. The summed E-state index contributed by atoms with van der Waals surface area (Å²) in [5.41, 5.74) is 0.927. The number of hydrogen-bond acceptors (Lipinski definition) is 5. The van der Waals surface area contributed by atoms with Gasteiger partial charge in [-0.25, -0.2) is 13.6 Å². The maximum Gasteiger partial charge on any atom is 0.341 e. The van der Waals surface area contributed by atoms with Crippen molar-refractivity contribution in [2.24, 2.45) is 5.92 Å². The molecular weight excluding hydrogens is 474 g/mol. The lowest BCUT2D eigenvalue weighted by Crippen LogP contribution is -2.30. The van der Waals surface area contributed by atoms with Crippen molar-refractivity contribution in [3.8, 4) is 0 Å². The number of anilines is 1. The Kier molecular flexibility index (Phi) is 7.55. The highest BCUT2D eigenvalue weighted by atomic mass is 32.1. The van der Waals surface area contributed by atoms with Crippen molar-refractivity contribution in [2.45, 2.75) is 26.2 Å². The second kappa shape index (κ2) is 10.8. The molecule has 35 heavy (non-hydrogen) atoms. The van der Waals surface area contributed by atoms with E-state index in [1.54, 1.807) is 6.07 Å². The minimum atomic E-state index is -0.822. The van der Waals surface area contributed by atoms with Crippen LogP contribution in [0.15, 0.2) is 48.5 Å². The van der Waals surface area contributed by atoms with E-state index in [1.807, 2.05) is 0 Å². The first-order valence-electron chi connectivity index (χ1n) is 11.3. The monoisotopic (exact) mass is 498 g/mol. The van der Waals surface area contributed by atoms with Crippen molar-refractivity contribution < 1.29 is 27.9 Å². The van der Waals surface area contributed by atoms with E-state index in [4.69, 9.17) is 4.74 Å². The van der Waals surface area contributed by atoms with Crippen LogP contribution in [-0.4, -0.2) is 30.9 Å². The normalized spacial score (nSPS) is 14.7. The van der Waals surface area contributed by atoms with Crippen LogP contribution in [0.5, 0.6) is 0 Å². The molecule has 1 heterocycles. The molecule has 0 saturated heterocycles. The lowest BCUT2D eigenvalue weighted by atomic mass is 9.88. The number of ether oxygens (including phenoxy) is 1. The maximum atomic E-state index is 14.1. The molecule has 0 fully saturated rings. The first kappa shape index (κ1) is 24.5. The summed E-state index contributed by atoms with van der Waals surface area (Å²) in [7, 11) is 0. The van der Waals surface area contributed by atoms with Gasteiger partial charge in [0.05, 0.1) is 23.2 Å². The van der Waals surface area contributed by atoms with Gasteiger partial charge in [0, 0.05) is 4.88 Å². The largest absolute Gasteiger partial charge is 0.460 e. The van der Waals surface area contributed by atoms with Crippen LogP contribution >= 0.6 is 11.3 Å². The third kappa shape index (κ3) is 5.57. The number of carbonyl (C=O) groups is 3. The van der Waals surface area contributed by atoms with E-state index in [0.29, 0.717) is 22.9 Å². The number of hydrogen-bond donors (Lipinski definition) is 2. The molecule has 0 bridgehead atoms. The molecule has 0 saturated carbocycles. The van der Waals surface area contributed by atoms with Gasteiger partial charge in [0.25, 0.3) is 11.8 Å². The number of benzene rings is 2. The van der Waals surface area contributed by atoms with Crippen molar-refractivity contribution in [1.29, 1.82) is 0 Å². The fourth-order valence-electron chi connectivity index (χ4n) is 4.00. The number of thiophene rings is 1. The van der Waals surface area contributed by atoms with Gasteiger partial charge in [-0.2, -0.15) is 0 Å². The van der Waals surface area contributed by atoms with E-state index in [-0.39, 0.29) is 24.3 Å². The minimum Gasteiger partial charge on any atom is -0.460 e. The van der Waals surface area contributed by atoms with E-state index < -0.39 is 29.4 Å². The van der Waals surface area contributed by atoms with Gasteiger partial charge in [0.15, 0.2) is 0 Å². The van der Waals surface area contributed by atoms with E-state index in [1.165, 1.54) is 47.7 Å². The van der Waals surface area contributed by atoms with Crippen LogP contribution in [0.25, 0.3) is 0 Å². The van der Waals surface area contributed by atoms with Crippen molar-refractivity contribution in [3.05, 3.63) is 87.3 Å². The van der Waals surface area contributed by atoms with Crippen LogP contribution in [-0.2, 0) is 17.6 Å². The smallest absolute Gasteiger partial charge is 0.341 e. The molecule has 182 valence electrons. The van der Waals surface area contributed by atoms with E-state index in [0.717, 1.165) is 29.3 Å². The number of rotatable bonds is 7. The molecule has 6 nitrogen and oxygen atoms in total. The van der Waals surface area contributed by atoms with Crippen LogP contribution in [0, 0.1) is 17.6 Å². The summed E-state index contributed by atoms with van der Waals surface area (Å²) in [6, 6.07) is 11.1. The zero-order valence-electron chi connectivity index (χ0n) is 19.0. The van der Waals surface area contributed by atoms with Gasteiger partial charge in [0.2, 0.25) is 0 Å². The third-order valence-corrected chi connectivity index (χ3v) is 6.97. The van der Waals surface area contributed by atoms with Gasteiger partial charge in [-0.1, -0.05) is 31.2 Å². The maximum absolute atomic E-state index is 14.1. The molecule has 2 aromatic carbocycles. The lowest BCUT2D eigenvalue weighted by molar-refractivity contribution is 0.0498. The van der Waals surface area contributed by atoms with Crippen molar-refractivity contribution in [1.82, 2.24) is 5.32 Å². The Morgan fingerprint density at radius 2 is 1.66 bits per heavy atom. The Morgan fingerprint density at radius 3 is 2.34 bits per heavy atom. The number of carbonyl (C=O) groups excluding carboxylic acids is 3. The van der Waals surface area contributed by atoms with Crippen LogP contribution < -0.4 is 10.6 Å². The zero-order valence-corrected chi connectivity index (χ0v) is 19.8. The predicted molar refractivity (Wildman–Crippen MR) is 129 cm³/mol. The van der Waals surface area contributed by atoms with Gasteiger partial charge in [-0.05, 0) is 55.0 Å². The van der Waals surface area contributed by atoms with E-state index in [2.05, 4.69) is 17.6 Å². The molecule has 0 aliphatic heterocycles. The summed E-state index contributed by atoms with van der Waals surface area (Å²) in [6.07, 6.45) is 2.38. The van der Waals surface area contributed by atoms with Crippen molar-refractivity contribution >= 4 is 34.1 Å². The van der Waals surface area contributed by atoms with Crippen LogP contribution in [0.3, 0.4) is 0 Å². The summed E-state index contributed by atoms with van der Waals surface area (Å²) in [5.74, 6) is -2.77. The standard InChI is InChI=1S/C26H24F2N2O4S/c1-15-10-11-18-21(14-15)35-25(30-23(31)16-6-2-4-8-19(16)27)22(18)24(32)29-12-13-34-26(33)17-7-3-5-9-20(17)28/h2-9,15H,10-14H2,1H3,(H,29,32)(H,30,31). The van der Waals surface area contributed by atoms with Crippen LogP contribution in [0.1, 0.15) is 54.9 Å². The molecule has 2 N–H and O–H groups in total. The molecule has 2 amide bonds. The summed E-state index contributed by atoms with van der Waals surface area (Å²) in [6.45, 7) is 1.98. The highest BCUT2D eigenvalue weighted by Gasteiger charge is 2.29. The quantitative estimate of drug-likeness (QED) is 0.355. The molecule has 4 rings (SSSR count). The second-order valence-electron chi connectivity index (χ2n) is 8.36. The fraction of sp³-hybridized carbons (Fsp3) is 0.269. The molecule has 0 spiro atoms. The third-order valence-electron chi connectivity index (χ3n) is 5.80. The molecule has 1 unspecified atom stereocenters. The van der Waals surface area contributed by atoms with Crippen LogP contribution in [0.4, 0.5) is 13.8 Å². The summed E-state index contributed by atoms with van der Waals surface area (Å²) in [4.78, 5) is 38.9. The minimum absolute atomic E-state index is 0.000743. The topological polar surface area (TPSA) is 84.5 Å². The Labute approximate surface area is 205 Å². The molecule has 0 radical (unpaired) electrons. The lowest BCUT2D eigenvalue weighted by Gasteiger charge is -2.18. The second-order valence-corrected chi connectivity index (χ2v) is 9.47. The Balaban J connectivity index is 1.46.